The summed E-state index contributed by atoms with van der Waals surface area (Å²) < 4.78 is 0.543. The summed E-state index contributed by atoms with van der Waals surface area (Å²) in [6, 6.07) is 13.0. The van der Waals surface area contributed by atoms with E-state index in [0.29, 0.717) is 9.60 Å². The van der Waals surface area contributed by atoms with E-state index in [0.717, 1.165) is 24.2 Å². The van der Waals surface area contributed by atoms with Gasteiger partial charge < -0.3 is 10.9 Å². The van der Waals surface area contributed by atoms with Gasteiger partial charge in [0.1, 0.15) is 5.70 Å². The standard InChI is InChI=1S/C20H21N4/c1-22-24(2)18-10-6-4-8-14(18)16-12-11-15-13-7-3-5-9-17(13)23(21)19(15)20(16)24/h4-6,8-12,21-23H,3,7H2,1-2H3/q+1. The number of hydrogen-bond donors (Lipinski definition) is 2. The molecule has 2 aromatic carbocycles. The van der Waals surface area contributed by atoms with E-state index in [1.807, 2.05) is 7.05 Å². The highest BCUT2D eigenvalue weighted by molar-refractivity contribution is 6.01. The zero-order chi connectivity index (χ0) is 16.5. The minimum Gasteiger partial charge on any atom is -0.458 e. The first-order valence-electron chi connectivity index (χ1n) is 8.49. The molecule has 2 aliphatic heterocycles. The van der Waals surface area contributed by atoms with Crippen LogP contribution < -0.4 is 15.0 Å². The lowest BCUT2D eigenvalue weighted by Crippen LogP contribution is -2.97. The van der Waals surface area contributed by atoms with Crippen molar-refractivity contribution in [2.24, 2.45) is 0 Å². The molecule has 3 aliphatic rings. The Morgan fingerprint density at radius 3 is 2.71 bits per heavy atom. The van der Waals surface area contributed by atoms with E-state index < -0.39 is 0 Å². The van der Waals surface area contributed by atoms with Gasteiger partial charge >= 0.3 is 0 Å². The summed E-state index contributed by atoms with van der Waals surface area (Å²) >= 11 is 0. The van der Waals surface area contributed by atoms with Gasteiger partial charge in [-0.25, -0.2) is 0 Å². The van der Waals surface area contributed by atoms with Crippen LogP contribution in [0, 0.1) is 0 Å². The van der Waals surface area contributed by atoms with Crippen molar-refractivity contribution >= 4 is 22.6 Å². The molecular formula is C20H21N4+. The second-order valence-corrected chi connectivity index (χ2v) is 6.84. The molecule has 2 unspecified atom stereocenters. The van der Waals surface area contributed by atoms with E-state index in [1.165, 1.54) is 33.6 Å². The maximum atomic E-state index is 8.84. The molecule has 2 heterocycles. The SMILES string of the molecule is CN[N+]1(C)c2ccccc2-c2ccc3c(c21)[NH+]([NH-])C1=C3CCC=C1. The van der Waals surface area contributed by atoms with Crippen LogP contribution in [0.4, 0.5) is 17.1 Å². The van der Waals surface area contributed by atoms with Gasteiger partial charge in [-0.3, -0.25) is 0 Å². The number of fused-ring (bicyclic) bond motifs is 6. The monoisotopic (exact) mass is 317 g/mol. The van der Waals surface area contributed by atoms with Gasteiger partial charge in [0.15, 0.2) is 11.4 Å². The van der Waals surface area contributed by atoms with Gasteiger partial charge in [-0.15, -0.1) is 0 Å². The summed E-state index contributed by atoms with van der Waals surface area (Å²) in [5, 5.41) is 0.681. The molecule has 0 saturated carbocycles. The lowest BCUT2D eigenvalue weighted by molar-refractivity contribution is -0.723. The van der Waals surface area contributed by atoms with Crippen LogP contribution in [0.1, 0.15) is 18.4 Å². The van der Waals surface area contributed by atoms with Crippen LogP contribution >= 0.6 is 0 Å². The highest BCUT2D eigenvalue weighted by atomic mass is 15.7. The topological polar surface area (TPSA) is 40.3 Å². The molecule has 0 spiro atoms. The van der Waals surface area contributed by atoms with E-state index >= 15 is 0 Å². The zero-order valence-electron chi connectivity index (χ0n) is 14.0. The van der Waals surface area contributed by atoms with Crippen LogP contribution in [-0.2, 0) is 0 Å². The normalized spacial score (nSPS) is 26.2. The third-order valence-corrected chi connectivity index (χ3v) is 5.76. The number of nitrogens with zero attached hydrogens (tertiary/aromatic N) is 1. The second-order valence-electron chi connectivity index (χ2n) is 6.84. The van der Waals surface area contributed by atoms with Crippen LogP contribution in [0.3, 0.4) is 0 Å². The third kappa shape index (κ3) is 1.51. The molecule has 2 aromatic rings. The Labute approximate surface area is 142 Å². The first-order chi connectivity index (χ1) is 11.7. The van der Waals surface area contributed by atoms with Gasteiger partial charge in [0.2, 0.25) is 5.69 Å². The maximum Gasteiger partial charge on any atom is 0.226 e. The highest BCUT2D eigenvalue weighted by Crippen LogP contribution is 2.55. The van der Waals surface area contributed by atoms with Crippen molar-refractivity contribution in [3.63, 3.8) is 0 Å². The van der Waals surface area contributed by atoms with Crippen molar-refractivity contribution in [1.29, 1.82) is 0 Å². The molecule has 0 radical (unpaired) electrons. The van der Waals surface area contributed by atoms with E-state index in [9.17, 15) is 0 Å². The van der Waals surface area contributed by atoms with E-state index in [-0.39, 0.29) is 0 Å². The lowest BCUT2D eigenvalue weighted by Gasteiger charge is -2.30. The predicted octanol–water partition coefficient (Wildman–Crippen LogP) is 3.63. The number of nitrogens with one attached hydrogen (secondary N) is 3. The average Bonchev–Trinajstić information content (AvgIpc) is 3.07. The van der Waals surface area contributed by atoms with Crippen molar-refractivity contribution in [2.45, 2.75) is 12.8 Å². The fraction of sp³-hybridized carbons (Fsp3) is 0.200. The van der Waals surface area contributed by atoms with Crippen LogP contribution in [-0.4, -0.2) is 14.1 Å². The van der Waals surface area contributed by atoms with Crippen LogP contribution in [0.2, 0.25) is 0 Å². The Morgan fingerprint density at radius 1 is 1.08 bits per heavy atom. The molecule has 2 atom stereocenters. The predicted molar refractivity (Wildman–Crippen MR) is 98.6 cm³/mol. The summed E-state index contributed by atoms with van der Waals surface area (Å²) in [5.41, 5.74) is 13.3. The van der Waals surface area contributed by atoms with Crippen LogP contribution in [0.15, 0.2) is 54.2 Å². The number of para-hydroxylation sites is 1. The molecule has 4 heteroatoms. The Balaban J connectivity index is 1.84. The lowest BCUT2D eigenvalue weighted by atomic mass is 9.95. The largest absolute Gasteiger partial charge is 0.458 e. The molecule has 0 aromatic heterocycles. The van der Waals surface area contributed by atoms with Gasteiger partial charge in [-0.2, -0.15) is 10.0 Å². The maximum absolute atomic E-state index is 8.84. The molecule has 120 valence electrons. The molecule has 4 nitrogen and oxygen atoms in total. The minimum atomic E-state index is 0.543. The molecule has 3 N–H and O–H groups in total. The van der Waals surface area contributed by atoms with Crippen molar-refractivity contribution in [2.75, 3.05) is 14.1 Å². The minimum absolute atomic E-state index is 0.543. The molecule has 0 bridgehead atoms. The van der Waals surface area contributed by atoms with Crippen LogP contribution in [0.5, 0.6) is 0 Å². The Hall–Kier alpha value is -2.24. The fourth-order valence-corrected chi connectivity index (χ4v) is 4.53. The smallest absolute Gasteiger partial charge is 0.226 e. The molecule has 24 heavy (non-hydrogen) atoms. The summed E-state index contributed by atoms with van der Waals surface area (Å²) in [6.45, 7) is 0. The van der Waals surface area contributed by atoms with E-state index in [2.05, 4.69) is 61.0 Å². The number of benzene rings is 2. The summed E-state index contributed by atoms with van der Waals surface area (Å²) in [4.78, 5) is 0. The van der Waals surface area contributed by atoms with Crippen molar-refractivity contribution < 1.29 is 5.01 Å². The van der Waals surface area contributed by atoms with Gasteiger partial charge in [0, 0.05) is 18.7 Å². The van der Waals surface area contributed by atoms with E-state index in [4.69, 9.17) is 5.84 Å². The summed E-state index contributed by atoms with van der Waals surface area (Å²) in [6.07, 6.45) is 6.44. The quantitative estimate of drug-likeness (QED) is 0.775. The molecular weight excluding hydrogens is 296 g/mol. The highest BCUT2D eigenvalue weighted by Gasteiger charge is 2.47. The first kappa shape index (κ1) is 14.1. The summed E-state index contributed by atoms with van der Waals surface area (Å²) in [5.74, 6) is 8.84. The van der Waals surface area contributed by atoms with Crippen molar-refractivity contribution in [3.8, 4) is 11.1 Å². The molecule has 1 aliphatic carbocycles. The molecule has 5 rings (SSSR count). The van der Waals surface area contributed by atoms with Gasteiger partial charge in [0.05, 0.1) is 23.7 Å². The summed E-state index contributed by atoms with van der Waals surface area (Å²) in [7, 11) is 4.18. The average molecular weight is 317 g/mol. The zero-order valence-corrected chi connectivity index (χ0v) is 14.0. The molecule has 0 fully saturated rings. The van der Waals surface area contributed by atoms with Gasteiger partial charge in [-0.05, 0) is 37.1 Å². The van der Waals surface area contributed by atoms with E-state index in [1.54, 1.807) is 0 Å². The number of hydrogen-bond acceptors (Lipinski definition) is 1. The second kappa shape index (κ2) is 4.65. The van der Waals surface area contributed by atoms with Gasteiger partial charge in [-0.1, -0.05) is 18.2 Å². The number of quaternary nitrogens is 2. The van der Waals surface area contributed by atoms with Gasteiger partial charge in [0.25, 0.3) is 0 Å². The van der Waals surface area contributed by atoms with Crippen molar-refractivity contribution in [3.05, 3.63) is 65.7 Å². The van der Waals surface area contributed by atoms with Crippen LogP contribution in [0.25, 0.3) is 22.5 Å². The Bertz CT molecular complexity index is 941. The third-order valence-electron chi connectivity index (χ3n) is 5.76. The Kier molecular flexibility index (Phi) is 2.74. The molecule has 0 amide bonds. The fourth-order valence-electron chi connectivity index (χ4n) is 4.53. The first-order valence-corrected chi connectivity index (χ1v) is 8.49. The Morgan fingerprint density at radius 2 is 1.88 bits per heavy atom. The number of allylic oxidation sites excluding steroid dienone is 3. The van der Waals surface area contributed by atoms with Crippen molar-refractivity contribution in [1.82, 2.24) is 10.0 Å². The molecule has 0 saturated heterocycles. The number of rotatable bonds is 1.